The molecule has 0 aliphatic heterocycles. The largest absolute Gasteiger partial charge is 0.380 e. The second kappa shape index (κ2) is 7.33. The number of hydrogen-bond donors (Lipinski definition) is 2. The summed E-state index contributed by atoms with van der Waals surface area (Å²) in [5, 5.41) is -0.159. The SMILES string of the molecule is CCOCC(C)NS(=O)(=O)c1cc(F)c(Cl)c(CN)c1. The minimum atomic E-state index is -3.85. The Morgan fingerprint density at radius 1 is 1.50 bits per heavy atom. The Kier molecular flexibility index (Phi) is 6.35. The topological polar surface area (TPSA) is 81.4 Å². The molecule has 114 valence electrons. The fourth-order valence-electron chi connectivity index (χ4n) is 1.58. The van der Waals surface area contributed by atoms with Crippen molar-refractivity contribution in [1.29, 1.82) is 0 Å². The molecule has 3 N–H and O–H groups in total. The lowest BCUT2D eigenvalue weighted by Crippen LogP contribution is -2.36. The standard InChI is InChI=1S/C12H18ClFN2O3S/c1-3-19-7-8(2)16-20(17,18)10-4-9(6-15)12(13)11(14)5-10/h4-5,8,16H,3,6-7,15H2,1-2H3. The summed E-state index contributed by atoms with van der Waals surface area (Å²) in [4.78, 5) is -0.205. The van der Waals surface area contributed by atoms with E-state index in [9.17, 15) is 12.8 Å². The van der Waals surface area contributed by atoms with Crippen LogP contribution in [0.1, 0.15) is 19.4 Å². The van der Waals surface area contributed by atoms with Gasteiger partial charge in [-0.05, 0) is 31.5 Å². The molecular weight excluding hydrogens is 307 g/mol. The molecule has 1 aromatic rings. The Morgan fingerprint density at radius 2 is 2.15 bits per heavy atom. The van der Waals surface area contributed by atoms with E-state index in [4.69, 9.17) is 22.1 Å². The first-order valence-corrected chi connectivity index (χ1v) is 7.96. The summed E-state index contributed by atoms with van der Waals surface area (Å²) in [5.41, 5.74) is 5.65. The Balaban J connectivity index is 3.01. The second-order valence-electron chi connectivity index (χ2n) is 4.26. The molecule has 0 bridgehead atoms. The molecular formula is C12H18ClFN2O3S. The van der Waals surface area contributed by atoms with Gasteiger partial charge in [0.1, 0.15) is 5.82 Å². The van der Waals surface area contributed by atoms with Crippen molar-refractivity contribution < 1.29 is 17.5 Å². The molecule has 0 radical (unpaired) electrons. The van der Waals surface area contributed by atoms with E-state index in [2.05, 4.69) is 4.72 Å². The normalized spacial score (nSPS) is 13.4. The summed E-state index contributed by atoms with van der Waals surface area (Å²) >= 11 is 5.70. The van der Waals surface area contributed by atoms with E-state index >= 15 is 0 Å². The number of ether oxygens (including phenoxy) is 1. The maximum atomic E-state index is 13.6. The van der Waals surface area contributed by atoms with E-state index in [1.165, 1.54) is 6.07 Å². The van der Waals surface area contributed by atoms with Gasteiger partial charge in [-0.3, -0.25) is 0 Å². The number of rotatable bonds is 7. The molecule has 1 atom stereocenters. The van der Waals surface area contributed by atoms with Crippen molar-refractivity contribution in [3.63, 3.8) is 0 Å². The van der Waals surface area contributed by atoms with Gasteiger partial charge >= 0.3 is 0 Å². The van der Waals surface area contributed by atoms with Crippen LogP contribution >= 0.6 is 11.6 Å². The molecule has 1 unspecified atom stereocenters. The van der Waals surface area contributed by atoms with E-state index in [0.29, 0.717) is 6.61 Å². The highest BCUT2D eigenvalue weighted by molar-refractivity contribution is 7.89. The van der Waals surface area contributed by atoms with Gasteiger partial charge in [0, 0.05) is 19.2 Å². The molecule has 8 heteroatoms. The lowest BCUT2D eigenvalue weighted by atomic mass is 10.2. The van der Waals surface area contributed by atoms with E-state index in [0.717, 1.165) is 6.07 Å². The maximum absolute atomic E-state index is 13.6. The predicted molar refractivity (Wildman–Crippen MR) is 75.6 cm³/mol. The van der Waals surface area contributed by atoms with Crippen molar-refractivity contribution in [3.05, 3.63) is 28.5 Å². The third-order valence-electron chi connectivity index (χ3n) is 2.54. The Morgan fingerprint density at radius 3 is 2.70 bits per heavy atom. The van der Waals surface area contributed by atoms with Crippen LogP contribution in [0.3, 0.4) is 0 Å². The average molecular weight is 325 g/mol. The van der Waals surface area contributed by atoms with Crippen LogP contribution in [0.25, 0.3) is 0 Å². The zero-order chi connectivity index (χ0) is 15.3. The van der Waals surface area contributed by atoms with E-state index in [1.807, 2.05) is 6.92 Å². The van der Waals surface area contributed by atoms with Gasteiger partial charge in [0.05, 0.1) is 16.5 Å². The molecule has 0 spiro atoms. The summed E-state index contributed by atoms with van der Waals surface area (Å²) in [6.45, 7) is 4.13. The van der Waals surface area contributed by atoms with Crippen LogP contribution in [-0.4, -0.2) is 27.7 Å². The quantitative estimate of drug-likeness (QED) is 0.799. The Hall–Kier alpha value is -0.730. The Bertz CT molecular complexity index is 566. The minimum Gasteiger partial charge on any atom is -0.380 e. The first-order valence-electron chi connectivity index (χ1n) is 6.09. The van der Waals surface area contributed by atoms with Crippen molar-refractivity contribution in [2.45, 2.75) is 31.3 Å². The van der Waals surface area contributed by atoms with Crippen LogP contribution < -0.4 is 10.5 Å². The zero-order valence-electron chi connectivity index (χ0n) is 11.3. The molecule has 5 nitrogen and oxygen atoms in total. The van der Waals surface area contributed by atoms with Crippen LogP contribution in [0, 0.1) is 5.82 Å². The van der Waals surface area contributed by atoms with Crippen LogP contribution in [-0.2, 0) is 21.3 Å². The highest BCUT2D eigenvalue weighted by atomic mass is 35.5. The zero-order valence-corrected chi connectivity index (χ0v) is 12.9. The van der Waals surface area contributed by atoms with Gasteiger partial charge in [-0.15, -0.1) is 0 Å². The van der Waals surface area contributed by atoms with Gasteiger partial charge in [0.15, 0.2) is 0 Å². The van der Waals surface area contributed by atoms with Gasteiger partial charge in [-0.1, -0.05) is 11.6 Å². The molecule has 0 saturated heterocycles. The fraction of sp³-hybridized carbons (Fsp3) is 0.500. The maximum Gasteiger partial charge on any atom is 0.241 e. The van der Waals surface area contributed by atoms with Gasteiger partial charge in [-0.25, -0.2) is 17.5 Å². The second-order valence-corrected chi connectivity index (χ2v) is 6.36. The van der Waals surface area contributed by atoms with Gasteiger partial charge in [-0.2, -0.15) is 0 Å². The third kappa shape index (κ3) is 4.39. The van der Waals surface area contributed by atoms with Crippen LogP contribution in [0.4, 0.5) is 4.39 Å². The van der Waals surface area contributed by atoms with E-state index in [1.54, 1.807) is 6.92 Å². The van der Waals surface area contributed by atoms with Gasteiger partial charge in [0.2, 0.25) is 10.0 Å². The van der Waals surface area contributed by atoms with Crippen molar-refractivity contribution in [2.75, 3.05) is 13.2 Å². The summed E-state index contributed by atoms with van der Waals surface area (Å²) in [5.74, 6) is -0.813. The molecule has 0 saturated carbocycles. The molecule has 0 heterocycles. The van der Waals surface area contributed by atoms with Crippen molar-refractivity contribution in [2.24, 2.45) is 5.73 Å². The van der Waals surface area contributed by atoms with E-state index < -0.39 is 21.9 Å². The number of nitrogens with one attached hydrogen (secondary N) is 1. The summed E-state index contributed by atoms with van der Waals surface area (Å²) < 4.78 is 45.4. The summed E-state index contributed by atoms with van der Waals surface area (Å²) in [6, 6.07) is 1.71. The fourth-order valence-corrected chi connectivity index (χ4v) is 3.06. The number of sulfonamides is 1. The highest BCUT2D eigenvalue weighted by Gasteiger charge is 2.20. The van der Waals surface area contributed by atoms with Crippen molar-refractivity contribution >= 4 is 21.6 Å². The molecule has 1 aromatic carbocycles. The molecule has 0 aliphatic carbocycles. The Labute approximate surface area is 123 Å². The predicted octanol–water partition coefficient (Wildman–Crippen LogP) is 1.64. The van der Waals surface area contributed by atoms with Crippen LogP contribution in [0.2, 0.25) is 5.02 Å². The summed E-state index contributed by atoms with van der Waals surface area (Å²) in [6.07, 6.45) is 0. The van der Waals surface area contributed by atoms with Crippen molar-refractivity contribution in [1.82, 2.24) is 4.72 Å². The first kappa shape index (κ1) is 17.3. The lowest BCUT2D eigenvalue weighted by Gasteiger charge is -2.15. The van der Waals surface area contributed by atoms with E-state index in [-0.39, 0.29) is 28.6 Å². The molecule has 0 aromatic heterocycles. The highest BCUT2D eigenvalue weighted by Crippen LogP contribution is 2.24. The number of benzene rings is 1. The van der Waals surface area contributed by atoms with Crippen molar-refractivity contribution in [3.8, 4) is 0 Å². The monoisotopic (exact) mass is 324 g/mol. The number of nitrogens with two attached hydrogens (primary N) is 1. The van der Waals surface area contributed by atoms with Crippen LogP contribution in [0.15, 0.2) is 17.0 Å². The first-order chi connectivity index (χ1) is 9.31. The third-order valence-corrected chi connectivity index (χ3v) is 4.53. The van der Waals surface area contributed by atoms with Gasteiger partial charge < -0.3 is 10.5 Å². The van der Waals surface area contributed by atoms with Crippen LogP contribution in [0.5, 0.6) is 0 Å². The lowest BCUT2D eigenvalue weighted by molar-refractivity contribution is 0.133. The minimum absolute atomic E-state index is 0.0480. The summed E-state index contributed by atoms with van der Waals surface area (Å²) in [7, 11) is -3.85. The number of hydrogen-bond acceptors (Lipinski definition) is 4. The molecule has 20 heavy (non-hydrogen) atoms. The molecule has 0 fully saturated rings. The average Bonchev–Trinajstić information content (AvgIpc) is 2.38. The molecule has 0 aliphatic rings. The smallest absolute Gasteiger partial charge is 0.241 e. The molecule has 1 rings (SSSR count). The molecule has 0 amide bonds. The number of halogens is 2. The van der Waals surface area contributed by atoms with Gasteiger partial charge in [0.25, 0.3) is 0 Å².